The lowest BCUT2D eigenvalue weighted by Crippen LogP contribution is -2.13. The molecule has 3 N–H and O–H groups in total. The summed E-state index contributed by atoms with van der Waals surface area (Å²) in [5.74, 6) is 1.11. The van der Waals surface area contributed by atoms with E-state index in [2.05, 4.69) is 55.2 Å². The summed E-state index contributed by atoms with van der Waals surface area (Å²) in [6, 6.07) is 17.3. The molecule has 36 heavy (non-hydrogen) atoms. The van der Waals surface area contributed by atoms with E-state index in [0.29, 0.717) is 28.2 Å². The Bertz CT molecular complexity index is 1430. The van der Waals surface area contributed by atoms with E-state index in [4.69, 9.17) is 10.9 Å². The second-order valence-electron chi connectivity index (χ2n) is 9.63. The number of hydrogen-bond donors (Lipinski definition) is 2. The summed E-state index contributed by atoms with van der Waals surface area (Å²) in [6.07, 6.45) is -4.46. The summed E-state index contributed by atoms with van der Waals surface area (Å²) in [4.78, 5) is 5.42. The number of fused-ring (bicyclic) bond motifs is 1. The Labute approximate surface area is 211 Å². The van der Waals surface area contributed by atoms with E-state index in [-0.39, 0.29) is 16.8 Å². The normalized spacial score (nSPS) is 12.9. The predicted octanol–water partition coefficient (Wildman–Crippen LogP) is 6.94. The van der Waals surface area contributed by atoms with Crippen molar-refractivity contribution in [2.24, 2.45) is 17.9 Å². The molecule has 0 radical (unpaired) electrons. The molecule has 3 aromatic carbocycles. The zero-order chi connectivity index (χ0) is 26.3. The van der Waals surface area contributed by atoms with E-state index in [1.807, 2.05) is 6.07 Å². The van der Waals surface area contributed by atoms with Crippen molar-refractivity contribution in [1.29, 1.82) is 0 Å². The summed E-state index contributed by atoms with van der Waals surface area (Å²) in [6.45, 7) is 6.50. The summed E-state index contributed by atoms with van der Waals surface area (Å²) in [5, 5.41) is 12.2. The van der Waals surface area contributed by atoms with Gasteiger partial charge in [-0.15, -0.1) is 11.8 Å². The van der Waals surface area contributed by atoms with E-state index in [1.165, 1.54) is 11.6 Å². The highest BCUT2D eigenvalue weighted by atomic mass is 32.2. The van der Waals surface area contributed by atoms with Gasteiger partial charge in [-0.3, -0.25) is 0 Å². The van der Waals surface area contributed by atoms with E-state index < -0.39 is 11.7 Å². The summed E-state index contributed by atoms with van der Waals surface area (Å²) in [7, 11) is 1.76. The van der Waals surface area contributed by atoms with E-state index in [1.54, 1.807) is 35.5 Å². The molecule has 0 saturated carbocycles. The van der Waals surface area contributed by atoms with Crippen LogP contribution in [0.5, 0.6) is 0 Å². The average Bonchev–Trinajstić information content (AvgIpc) is 3.17. The fourth-order valence-corrected chi connectivity index (χ4v) is 4.91. The zero-order valence-electron chi connectivity index (χ0n) is 20.4. The molecule has 0 unspecified atom stereocenters. The van der Waals surface area contributed by atoms with Crippen LogP contribution in [0.2, 0.25) is 0 Å². The average molecular weight is 513 g/mol. The van der Waals surface area contributed by atoms with Crippen molar-refractivity contribution in [2.75, 3.05) is 0 Å². The summed E-state index contributed by atoms with van der Waals surface area (Å²) < 4.78 is 41.5. The van der Waals surface area contributed by atoms with Gasteiger partial charge in [0.1, 0.15) is 5.82 Å². The number of thioether (sulfide) groups is 1. The van der Waals surface area contributed by atoms with Crippen LogP contribution in [0.1, 0.15) is 43.0 Å². The van der Waals surface area contributed by atoms with Gasteiger partial charge < -0.3 is 15.5 Å². The zero-order valence-corrected chi connectivity index (χ0v) is 21.2. The largest absolute Gasteiger partial charge is 0.416 e. The first-order valence-electron chi connectivity index (χ1n) is 11.3. The van der Waals surface area contributed by atoms with Crippen LogP contribution in [0.15, 0.2) is 70.7 Å². The first-order chi connectivity index (χ1) is 16.9. The monoisotopic (exact) mass is 512 g/mol. The van der Waals surface area contributed by atoms with Crippen LogP contribution in [0, 0.1) is 0 Å². The molecule has 1 aromatic heterocycles. The van der Waals surface area contributed by atoms with Crippen molar-refractivity contribution in [2.45, 2.75) is 43.0 Å². The molecule has 188 valence electrons. The smallest absolute Gasteiger partial charge is 0.409 e. The van der Waals surface area contributed by atoms with Gasteiger partial charge in [0, 0.05) is 28.8 Å². The minimum atomic E-state index is -4.46. The van der Waals surface area contributed by atoms with Gasteiger partial charge in [0.05, 0.1) is 16.6 Å². The number of benzene rings is 3. The molecule has 0 aliphatic heterocycles. The van der Waals surface area contributed by atoms with Gasteiger partial charge in [0.15, 0.2) is 5.84 Å². The Balaban J connectivity index is 1.75. The molecule has 4 aromatic rings. The molecule has 1 heterocycles. The molecule has 0 fully saturated rings. The number of hydrogen-bond acceptors (Lipinski definition) is 4. The lowest BCUT2D eigenvalue weighted by Gasteiger charge is -2.19. The number of imidazole rings is 1. The molecule has 0 spiro atoms. The minimum absolute atomic E-state index is 0.0645. The fourth-order valence-electron chi connectivity index (χ4n) is 3.93. The highest BCUT2D eigenvalue weighted by Gasteiger charge is 2.31. The third-order valence-corrected chi connectivity index (χ3v) is 7.19. The van der Waals surface area contributed by atoms with Gasteiger partial charge in [-0.2, -0.15) is 13.2 Å². The topological polar surface area (TPSA) is 76.4 Å². The molecule has 0 bridgehead atoms. The van der Waals surface area contributed by atoms with E-state index >= 15 is 0 Å². The van der Waals surface area contributed by atoms with E-state index in [0.717, 1.165) is 22.6 Å². The van der Waals surface area contributed by atoms with Crippen LogP contribution >= 0.6 is 11.8 Å². The SMILES string of the molecule is Cn1c(-c2cc(C(N)=NO)ccc2SCc2ccc(C(C)(C)C)cc2)nc2cc(C(F)(F)F)ccc21. The van der Waals surface area contributed by atoms with Gasteiger partial charge in [-0.25, -0.2) is 4.98 Å². The number of nitrogens with zero attached hydrogens (tertiary/aromatic N) is 3. The number of amidine groups is 1. The highest BCUT2D eigenvalue weighted by Crippen LogP contribution is 2.37. The van der Waals surface area contributed by atoms with Crippen molar-refractivity contribution in [3.05, 3.63) is 82.9 Å². The molecular formula is C27H27F3N4OS. The number of nitrogens with two attached hydrogens (primary N) is 1. The Kier molecular flexibility index (Phi) is 6.79. The number of aryl methyl sites for hydroxylation is 1. The molecule has 9 heteroatoms. The standard InChI is InChI=1S/C27H27F3N4OS/c1-26(2,3)18-8-5-16(6-9-18)15-36-23-12-7-17(24(31)33-35)13-20(23)25-32-21-14-19(27(28,29)30)10-11-22(21)34(25)4/h5-14,35H,15H2,1-4H3,(H2,31,33). The van der Waals surface area contributed by atoms with Crippen LogP contribution in [0.25, 0.3) is 22.4 Å². The Hall–Kier alpha value is -3.46. The molecule has 0 aliphatic rings. The third kappa shape index (κ3) is 5.21. The maximum Gasteiger partial charge on any atom is 0.416 e. The number of oxime groups is 1. The Morgan fingerprint density at radius 1 is 1.00 bits per heavy atom. The maximum absolute atomic E-state index is 13.3. The van der Waals surface area contributed by atoms with Crippen LogP contribution < -0.4 is 5.73 Å². The molecule has 5 nitrogen and oxygen atoms in total. The first-order valence-corrected chi connectivity index (χ1v) is 12.3. The molecule has 0 aliphatic carbocycles. The van der Waals surface area contributed by atoms with Crippen LogP contribution in [-0.2, 0) is 24.4 Å². The fraction of sp³-hybridized carbons (Fsp3) is 0.259. The minimum Gasteiger partial charge on any atom is -0.409 e. The second-order valence-corrected chi connectivity index (χ2v) is 10.6. The highest BCUT2D eigenvalue weighted by molar-refractivity contribution is 7.98. The number of alkyl halides is 3. The van der Waals surface area contributed by atoms with Gasteiger partial charge in [-0.05, 0) is 46.9 Å². The van der Waals surface area contributed by atoms with Gasteiger partial charge in [0.2, 0.25) is 0 Å². The quantitative estimate of drug-likeness (QED) is 0.0998. The maximum atomic E-state index is 13.3. The molecule has 0 amide bonds. The van der Waals surface area contributed by atoms with Crippen molar-refractivity contribution in [1.82, 2.24) is 9.55 Å². The van der Waals surface area contributed by atoms with Crippen molar-refractivity contribution < 1.29 is 18.4 Å². The second kappa shape index (κ2) is 9.54. The molecular weight excluding hydrogens is 485 g/mol. The van der Waals surface area contributed by atoms with Crippen molar-refractivity contribution in [3.63, 3.8) is 0 Å². The molecule has 0 atom stereocenters. The lowest BCUT2D eigenvalue weighted by molar-refractivity contribution is -0.137. The Morgan fingerprint density at radius 2 is 1.67 bits per heavy atom. The van der Waals surface area contributed by atoms with E-state index in [9.17, 15) is 13.2 Å². The summed E-state index contributed by atoms with van der Waals surface area (Å²) in [5.41, 5.74) is 9.50. The molecule has 4 rings (SSSR count). The lowest BCUT2D eigenvalue weighted by atomic mass is 9.87. The van der Waals surface area contributed by atoms with Gasteiger partial charge in [-0.1, -0.05) is 56.3 Å². The number of aromatic nitrogens is 2. The van der Waals surface area contributed by atoms with Crippen molar-refractivity contribution >= 4 is 28.6 Å². The first kappa shape index (κ1) is 25.6. The van der Waals surface area contributed by atoms with Crippen molar-refractivity contribution in [3.8, 4) is 11.4 Å². The van der Waals surface area contributed by atoms with Gasteiger partial charge >= 0.3 is 6.18 Å². The number of halogens is 3. The summed E-state index contributed by atoms with van der Waals surface area (Å²) >= 11 is 1.59. The van der Waals surface area contributed by atoms with Crippen LogP contribution in [-0.4, -0.2) is 20.6 Å². The predicted molar refractivity (Wildman–Crippen MR) is 138 cm³/mol. The Morgan fingerprint density at radius 3 is 2.28 bits per heavy atom. The van der Waals surface area contributed by atoms with Gasteiger partial charge in [0.25, 0.3) is 0 Å². The molecule has 0 saturated heterocycles. The van der Waals surface area contributed by atoms with Crippen LogP contribution in [0.4, 0.5) is 13.2 Å². The number of rotatable bonds is 5. The van der Waals surface area contributed by atoms with Crippen LogP contribution in [0.3, 0.4) is 0 Å². The third-order valence-electron chi connectivity index (χ3n) is 6.05.